The summed E-state index contributed by atoms with van der Waals surface area (Å²) < 4.78 is 11.8. The first kappa shape index (κ1) is 15.3. The number of benzene rings is 1. The molecule has 27 heavy (non-hydrogen) atoms. The summed E-state index contributed by atoms with van der Waals surface area (Å²) in [7, 11) is 3.80. The van der Waals surface area contributed by atoms with Crippen molar-refractivity contribution in [2.45, 2.75) is 54.8 Å². The van der Waals surface area contributed by atoms with Gasteiger partial charge in [-0.05, 0) is 38.4 Å². The maximum atomic E-state index is 13.3. The Kier molecular flexibility index (Phi) is 2.38. The zero-order valence-corrected chi connectivity index (χ0v) is 15.9. The van der Waals surface area contributed by atoms with Gasteiger partial charge in [-0.3, -0.25) is 14.6 Å². The van der Waals surface area contributed by atoms with E-state index in [1.807, 2.05) is 0 Å². The molecule has 2 spiro atoms. The molecule has 6 nitrogen and oxygen atoms in total. The molecular weight excluding hydrogens is 342 g/mol. The van der Waals surface area contributed by atoms with Crippen LogP contribution in [0.25, 0.3) is 0 Å². The number of rotatable bonds is 1. The van der Waals surface area contributed by atoms with Crippen molar-refractivity contribution in [3.05, 3.63) is 29.8 Å². The van der Waals surface area contributed by atoms with E-state index in [1.54, 1.807) is 7.11 Å². The van der Waals surface area contributed by atoms with Crippen molar-refractivity contribution in [2.24, 2.45) is 11.8 Å². The predicted octanol–water partition coefficient (Wildman–Crippen LogP) is 1.37. The van der Waals surface area contributed by atoms with Gasteiger partial charge in [-0.15, -0.1) is 0 Å². The second-order valence-corrected chi connectivity index (χ2v) is 9.36. The number of likely N-dealkylation sites (N-methyl/N-ethyl adjacent to an activating group) is 1. The highest BCUT2D eigenvalue weighted by atomic mass is 16.6. The van der Waals surface area contributed by atoms with Gasteiger partial charge in [-0.1, -0.05) is 18.2 Å². The molecule has 1 N–H and O–H groups in total. The van der Waals surface area contributed by atoms with E-state index in [4.69, 9.17) is 9.47 Å². The number of carbonyl (C=O) groups excluding carboxylic acids is 1. The molecule has 0 amide bonds. The van der Waals surface area contributed by atoms with Crippen molar-refractivity contribution in [1.82, 2.24) is 9.80 Å². The number of nitrogens with one attached hydrogen (secondary N) is 1. The van der Waals surface area contributed by atoms with Crippen LogP contribution in [-0.4, -0.2) is 66.0 Å². The Balaban J connectivity index is 1.58. The summed E-state index contributed by atoms with van der Waals surface area (Å²) in [5.41, 5.74) is 1.76. The third-order valence-electron chi connectivity index (χ3n) is 9.08. The molecule has 1 aliphatic carbocycles. The molecule has 0 aromatic heterocycles. The van der Waals surface area contributed by atoms with Crippen molar-refractivity contribution in [1.29, 1.82) is 0 Å². The Morgan fingerprint density at radius 2 is 2.15 bits per heavy atom. The van der Waals surface area contributed by atoms with Crippen LogP contribution in [0.5, 0.6) is 0 Å². The lowest BCUT2D eigenvalue weighted by atomic mass is 9.50. The van der Waals surface area contributed by atoms with E-state index in [2.05, 4.69) is 53.4 Å². The molecule has 6 heteroatoms. The van der Waals surface area contributed by atoms with Gasteiger partial charge in [0.2, 0.25) is 0 Å². The van der Waals surface area contributed by atoms with Crippen LogP contribution in [-0.2, 0) is 19.7 Å². The van der Waals surface area contributed by atoms with Crippen LogP contribution in [0.1, 0.15) is 25.3 Å². The largest absolute Gasteiger partial charge is 0.469 e. The lowest BCUT2D eigenvalue weighted by Gasteiger charge is -2.56. The third-order valence-corrected chi connectivity index (χ3v) is 9.08. The average Bonchev–Trinajstić information content (AvgIpc) is 3.01. The Labute approximate surface area is 158 Å². The minimum atomic E-state index is -0.248. The van der Waals surface area contributed by atoms with E-state index >= 15 is 0 Å². The number of piperidine rings is 1. The van der Waals surface area contributed by atoms with Crippen molar-refractivity contribution >= 4 is 11.7 Å². The van der Waals surface area contributed by atoms with Crippen LogP contribution in [0.3, 0.4) is 0 Å². The molecule has 5 aliphatic heterocycles. The number of epoxide rings is 1. The Bertz CT molecular complexity index is 906. The van der Waals surface area contributed by atoms with Gasteiger partial charge < -0.3 is 14.8 Å². The summed E-state index contributed by atoms with van der Waals surface area (Å²) in [6, 6.07) is 9.00. The van der Waals surface area contributed by atoms with Crippen LogP contribution >= 0.6 is 0 Å². The van der Waals surface area contributed by atoms with Crippen LogP contribution in [0, 0.1) is 11.8 Å². The number of esters is 1. The normalized spacial score (nSPS) is 53.4. The summed E-state index contributed by atoms with van der Waals surface area (Å²) in [4.78, 5) is 18.5. The van der Waals surface area contributed by atoms with E-state index in [0.29, 0.717) is 6.04 Å². The number of hydrogen-bond acceptors (Lipinski definition) is 6. The number of ether oxygens (including phenoxy) is 2. The highest BCUT2D eigenvalue weighted by molar-refractivity contribution is 5.81. The van der Waals surface area contributed by atoms with Crippen molar-refractivity contribution < 1.29 is 14.3 Å². The van der Waals surface area contributed by atoms with Gasteiger partial charge in [-0.2, -0.15) is 0 Å². The number of anilines is 1. The maximum Gasteiger partial charge on any atom is 0.310 e. The second-order valence-electron chi connectivity index (χ2n) is 9.36. The highest BCUT2D eigenvalue weighted by Gasteiger charge is 2.89. The molecule has 1 saturated carbocycles. The molecule has 142 valence electrons. The first-order valence-corrected chi connectivity index (χ1v) is 10.2. The molecule has 6 aliphatic rings. The lowest BCUT2D eigenvalue weighted by Crippen LogP contribution is -2.71. The monoisotopic (exact) mass is 367 g/mol. The number of para-hydroxylation sites is 1. The molecule has 8 unspecified atom stereocenters. The third kappa shape index (κ3) is 1.21. The molecule has 5 heterocycles. The quantitative estimate of drug-likeness (QED) is 0.598. The Hall–Kier alpha value is -1.63. The highest BCUT2D eigenvalue weighted by Crippen LogP contribution is 2.76. The first-order valence-electron chi connectivity index (χ1n) is 10.2. The van der Waals surface area contributed by atoms with Gasteiger partial charge in [0.05, 0.1) is 30.7 Å². The van der Waals surface area contributed by atoms with Crippen LogP contribution in [0.15, 0.2) is 24.3 Å². The molecule has 3 bridgehead atoms. The summed E-state index contributed by atoms with van der Waals surface area (Å²) in [6.45, 7) is 3.17. The smallest absolute Gasteiger partial charge is 0.310 e. The summed E-state index contributed by atoms with van der Waals surface area (Å²) >= 11 is 0. The molecule has 0 radical (unpaired) electrons. The summed E-state index contributed by atoms with van der Waals surface area (Å²) in [5.74, 6) is -0.0171. The molecule has 7 rings (SSSR count). The number of hydrogen-bond donors (Lipinski definition) is 1. The Morgan fingerprint density at radius 1 is 1.37 bits per heavy atom. The van der Waals surface area contributed by atoms with Gasteiger partial charge in [0, 0.05) is 24.2 Å². The standard InChI is InChI=1S/C21H25N3O3/c1-11-20(27-11)13-10-15-21-19(16(13)17(25)26-3,8-9-24(21)18(20)23(15)2)12-6-4-5-7-14(12)22-21/h4-7,11,13,15-16,18,22H,8-10H2,1-3H3. The molecule has 4 saturated heterocycles. The van der Waals surface area contributed by atoms with Crippen LogP contribution in [0.2, 0.25) is 0 Å². The molecule has 1 aromatic carbocycles. The summed E-state index contributed by atoms with van der Waals surface area (Å²) in [6.07, 6.45) is 2.40. The van der Waals surface area contributed by atoms with Gasteiger partial charge in [0.25, 0.3) is 0 Å². The minimum Gasteiger partial charge on any atom is -0.469 e. The SMILES string of the molecule is COC(=O)C1C2CC3N(C)C(N4CCC15c1ccccc1NC345)C21OC1C. The average molecular weight is 367 g/mol. The van der Waals surface area contributed by atoms with Crippen molar-refractivity contribution in [3.8, 4) is 0 Å². The Morgan fingerprint density at radius 3 is 2.89 bits per heavy atom. The van der Waals surface area contributed by atoms with E-state index in [1.165, 1.54) is 11.3 Å². The van der Waals surface area contributed by atoms with Gasteiger partial charge in [0.1, 0.15) is 11.3 Å². The molecule has 5 fully saturated rings. The molecular formula is C21H25N3O3. The fourth-order valence-electron chi connectivity index (χ4n) is 8.44. The van der Waals surface area contributed by atoms with E-state index in [-0.39, 0.29) is 46.8 Å². The van der Waals surface area contributed by atoms with E-state index in [0.717, 1.165) is 19.4 Å². The number of nitrogens with zero attached hydrogens (tertiary/aromatic N) is 2. The number of fused-ring (bicyclic) bond motifs is 6. The topological polar surface area (TPSA) is 57.3 Å². The first-order chi connectivity index (χ1) is 13.0. The minimum absolute atomic E-state index is 0.0598. The van der Waals surface area contributed by atoms with Gasteiger partial charge >= 0.3 is 5.97 Å². The second kappa shape index (κ2) is 4.19. The van der Waals surface area contributed by atoms with Crippen molar-refractivity contribution in [3.63, 3.8) is 0 Å². The zero-order valence-electron chi connectivity index (χ0n) is 15.9. The number of methoxy groups -OCH3 is 1. The number of carbonyl (C=O) groups is 1. The summed E-state index contributed by atoms with van der Waals surface area (Å²) in [5, 5.41) is 3.96. The maximum absolute atomic E-state index is 13.3. The van der Waals surface area contributed by atoms with Gasteiger partial charge in [-0.25, -0.2) is 0 Å². The van der Waals surface area contributed by atoms with Gasteiger partial charge in [0.15, 0.2) is 0 Å². The lowest BCUT2D eigenvalue weighted by molar-refractivity contribution is -0.160. The predicted molar refractivity (Wildman–Crippen MR) is 98.0 cm³/mol. The zero-order chi connectivity index (χ0) is 18.3. The van der Waals surface area contributed by atoms with E-state index < -0.39 is 0 Å². The fraction of sp³-hybridized carbons (Fsp3) is 0.667. The molecule has 8 atom stereocenters. The van der Waals surface area contributed by atoms with Crippen LogP contribution in [0.4, 0.5) is 5.69 Å². The fourth-order valence-corrected chi connectivity index (χ4v) is 8.44. The van der Waals surface area contributed by atoms with Crippen LogP contribution < -0.4 is 5.32 Å². The van der Waals surface area contributed by atoms with Crippen molar-refractivity contribution in [2.75, 3.05) is 26.0 Å². The van der Waals surface area contributed by atoms with E-state index in [9.17, 15) is 4.79 Å². The molecule has 1 aromatic rings.